The fourth-order valence-corrected chi connectivity index (χ4v) is 2.88. The van der Waals surface area contributed by atoms with Crippen molar-refractivity contribution < 1.29 is 4.42 Å². The molecule has 4 nitrogen and oxygen atoms in total. The van der Waals surface area contributed by atoms with Gasteiger partial charge in [0.05, 0.1) is 5.69 Å². The first-order valence-corrected chi connectivity index (χ1v) is 7.67. The topological polar surface area (TPSA) is 41.3 Å². The molecule has 1 saturated heterocycles. The molecule has 21 heavy (non-hydrogen) atoms. The Bertz CT molecular complexity index is 626. The number of oxazole rings is 1. The monoisotopic (exact) mass is 305 g/mol. The van der Waals surface area contributed by atoms with Crippen molar-refractivity contribution >= 4 is 11.6 Å². The maximum absolute atomic E-state index is 6.03. The molecule has 0 bridgehead atoms. The van der Waals surface area contributed by atoms with Crippen molar-refractivity contribution in [2.75, 3.05) is 19.6 Å². The Morgan fingerprint density at radius 3 is 3.10 bits per heavy atom. The number of nitrogens with zero attached hydrogens (tertiary/aromatic N) is 2. The normalized spacial score (nSPS) is 19.9. The molecule has 1 aliphatic heterocycles. The molecule has 112 valence electrons. The van der Waals surface area contributed by atoms with E-state index in [9.17, 15) is 0 Å². The molecule has 1 aliphatic rings. The van der Waals surface area contributed by atoms with Crippen LogP contribution in [0.3, 0.4) is 0 Å². The summed E-state index contributed by atoms with van der Waals surface area (Å²) >= 11 is 6.03. The highest BCUT2D eigenvalue weighted by Gasteiger charge is 2.19. The molecule has 0 amide bonds. The number of hydrogen-bond acceptors (Lipinski definition) is 4. The van der Waals surface area contributed by atoms with Gasteiger partial charge in [-0.3, -0.25) is 4.90 Å². The standard InChI is InChI=1S/C16H20ClN3O/c1-11-9-20(7-6-18-11)10-15-12(2)21-16(19-15)13-4-3-5-14(17)8-13/h3-5,8,11,18H,6-7,9-10H2,1-2H3. The minimum absolute atomic E-state index is 0.526. The third-order valence-electron chi connectivity index (χ3n) is 3.79. The number of halogens is 1. The zero-order chi connectivity index (χ0) is 14.8. The number of nitrogens with one attached hydrogen (secondary N) is 1. The third-order valence-corrected chi connectivity index (χ3v) is 4.03. The van der Waals surface area contributed by atoms with Crippen LogP contribution < -0.4 is 5.32 Å². The van der Waals surface area contributed by atoms with E-state index in [2.05, 4.69) is 22.1 Å². The van der Waals surface area contributed by atoms with Gasteiger partial charge in [0.25, 0.3) is 0 Å². The van der Waals surface area contributed by atoms with Crippen molar-refractivity contribution in [1.82, 2.24) is 15.2 Å². The van der Waals surface area contributed by atoms with Crippen LogP contribution in [0.15, 0.2) is 28.7 Å². The summed E-state index contributed by atoms with van der Waals surface area (Å²) in [7, 11) is 0. The lowest BCUT2D eigenvalue weighted by Gasteiger charge is -2.31. The van der Waals surface area contributed by atoms with Crippen molar-refractivity contribution in [3.8, 4) is 11.5 Å². The van der Waals surface area contributed by atoms with Crippen LogP contribution in [0.1, 0.15) is 18.4 Å². The molecule has 2 heterocycles. The maximum Gasteiger partial charge on any atom is 0.226 e. The molecule has 1 N–H and O–H groups in total. The van der Waals surface area contributed by atoms with Gasteiger partial charge in [0.15, 0.2) is 0 Å². The van der Waals surface area contributed by atoms with Crippen molar-refractivity contribution in [2.45, 2.75) is 26.4 Å². The van der Waals surface area contributed by atoms with Crippen molar-refractivity contribution in [1.29, 1.82) is 0 Å². The summed E-state index contributed by atoms with van der Waals surface area (Å²) < 4.78 is 5.81. The smallest absolute Gasteiger partial charge is 0.226 e. The lowest BCUT2D eigenvalue weighted by molar-refractivity contribution is 0.197. The highest BCUT2D eigenvalue weighted by molar-refractivity contribution is 6.30. The van der Waals surface area contributed by atoms with E-state index in [1.807, 2.05) is 31.2 Å². The quantitative estimate of drug-likeness (QED) is 0.946. The minimum atomic E-state index is 0.526. The second-order valence-corrected chi connectivity index (χ2v) is 6.06. The molecule has 1 unspecified atom stereocenters. The van der Waals surface area contributed by atoms with Gasteiger partial charge in [-0.15, -0.1) is 0 Å². The van der Waals surface area contributed by atoms with Gasteiger partial charge < -0.3 is 9.73 Å². The first-order chi connectivity index (χ1) is 10.1. The number of piperazine rings is 1. The predicted molar refractivity (Wildman–Crippen MR) is 84.4 cm³/mol. The largest absolute Gasteiger partial charge is 0.441 e. The number of aryl methyl sites for hydroxylation is 1. The van der Waals surface area contributed by atoms with E-state index < -0.39 is 0 Å². The van der Waals surface area contributed by atoms with Crippen LogP contribution in [0, 0.1) is 6.92 Å². The van der Waals surface area contributed by atoms with Gasteiger partial charge in [-0.25, -0.2) is 4.98 Å². The zero-order valence-corrected chi connectivity index (χ0v) is 13.2. The molecule has 5 heteroatoms. The van der Waals surface area contributed by atoms with Gasteiger partial charge in [0.1, 0.15) is 5.76 Å². The molecular weight excluding hydrogens is 286 g/mol. The zero-order valence-electron chi connectivity index (χ0n) is 12.4. The molecule has 1 atom stereocenters. The molecule has 3 rings (SSSR count). The van der Waals surface area contributed by atoms with Crippen LogP contribution in [0.4, 0.5) is 0 Å². The Labute approximate surface area is 130 Å². The summed E-state index contributed by atoms with van der Waals surface area (Å²) in [6.07, 6.45) is 0. The molecule has 1 aromatic heterocycles. The number of rotatable bonds is 3. The van der Waals surface area contributed by atoms with Crippen molar-refractivity contribution in [3.05, 3.63) is 40.7 Å². The summed E-state index contributed by atoms with van der Waals surface area (Å²) in [5.74, 6) is 1.53. The lowest BCUT2D eigenvalue weighted by atomic mass is 10.2. The van der Waals surface area contributed by atoms with E-state index in [-0.39, 0.29) is 0 Å². The Morgan fingerprint density at radius 1 is 1.48 bits per heavy atom. The Morgan fingerprint density at radius 2 is 2.33 bits per heavy atom. The summed E-state index contributed by atoms with van der Waals surface area (Å²) in [6, 6.07) is 8.13. The van der Waals surface area contributed by atoms with Crippen LogP contribution in [0.5, 0.6) is 0 Å². The summed E-state index contributed by atoms with van der Waals surface area (Å²) in [5.41, 5.74) is 1.93. The van der Waals surface area contributed by atoms with E-state index in [4.69, 9.17) is 16.0 Å². The Hall–Kier alpha value is -1.36. The molecule has 0 saturated carbocycles. The summed E-state index contributed by atoms with van der Waals surface area (Å²) in [4.78, 5) is 7.06. The van der Waals surface area contributed by atoms with Crippen LogP contribution in [-0.4, -0.2) is 35.6 Å². The van der Waals surface area contributed by atoms with E-state index in [1.165, 1.54) is 0 Å². The second kappa shape index (κ2) is 6.18. The summed E-state index contributed by atoms with van der Waals surface area (Å²) in [5, 5.41) is 4.14. The Balaban J connectivity index is 1.78. The fraction of sp³-hybridized carbons (Fsp3) is 0.438. The highest BCUT2D eigenvalue weighted by atomic mass is 35.5. The van der Waals surface area contributed by atoms with Gasteiger partial charge in [0, 0.05) is 42.8 Å². The first kappa shape index (κ1) is 14.6. The van der Waals surface area contributed by atoms with Gasteiger partial charge in [0.2, 0.25) is 5.89 Å². The maximum atomic E-state index is 6.03. The van der Waals surface area contributed by atoms with Crippen LogP contribution in [0.2, 0.25) is 5.02 Å². The van der Waals surface area contributed by atoms with Gasteiger partial charge >= 0.3 is 0 Å². The number of aromatic nitrogens is 1. The Kier molecular flexibility index (Phi) is 4.29. The van der Waals surface area contributed by atoms with E-state index in [0.717, 1.165) is 43.2 Å². The molecule has 0 radical (unpaired) electrons. The highest BCUT2D eigenvalue weighted by Crippen LogP contribution is 2.25. The fourth-order valence-electron chi connectivity index (χ4n) is 2.69. The minimum Gasteiger partial charge on any atom is -0.441 e. The van der Waals surface area contributed by atoms with Crippen LogP contribution in [-0.2, 0) is 6.54 Å². The summed E-state index contributed by atoms with van der Waals surface area (Å²) in [6.45, 7) is 8.13. The molecule has 2 aromatic rings. The molecule has 0 spiro atoms. The van der Waals surface area contributed by atoms with Gasteiger partial charge in [-0.2, -0.15) is 0 Å². The van der Waals surface area contributed by atoms with Crippen molar-refractivity contribution in [3.63, 3.8) is 0 Å². The SMILES string of the molecule is Cc1oc(-c2cccc(Cl)c2)nc1CN1CCNC(C)C1. The van der Waals surface area contributed by atoms with Gasteiger partial charge in [-0.05, 0) is 32.0 Å². The lowest BCUT2D eigenvalue weighted by Crippen LogP contribution is -2.48. The average Bonchev–Trinajstić information content (AvgIpc) is 2.80. The first-order valence-electron chi connectivity index (χ1n) is 7.30. The van der Waals surface area contributed by atoms with E-state index in [1.54, 1.807) is 0 Å². The van der Waals surface area contributed by atoms with Crippen molar-refractivity contribution in [2.24, 2.45) is 0 Å². The van der Waals surface area contributed by atoms with E-state index in [0.29, 0.717) is 17.0 Å². The van der Waals surface area contributed by atoms with Crippen LogP contribution in [0.25, 0.3) is 11.5 Å². The van der Waals surface area contributed by atoms with Gasteiger partial charge in [-0.1, -0.05) is 17.7 Å². The third kappa shape index (κ3) is 3.46. The predicted octanol–water partition coefficient (Wildman–Crippen LogP) is 3.10. The molecule has 1 aromatic carbocycles. The van der Waals surface area contributed by atoms with E-state index >= 15 is 0 Å². The molecule has 1 fully saturated rings. The second-order valence-electron chi connectivity index (χ2n) is 5.62. The average molecular weight is 306 g/mol. The van der Waals surface area contributed by atoms with Crippen LogP contribution >= 0.6 is 11.6 Å². The number of benzene rings is 1. The number of hydrogen-bond donors (Lipinski definition) is 1. The molecular formula is C16H20ClN3O. The molecule has 0 aliphatic carbocycles.